The van der Waals surface area contributed by atoms with Gasteiger partial charge in [0.2, 0.25) is 0 Å². The fourth-order valence-electron chi connectivity index (χ4n) is 0.405. The minimum atomic E-state index is -2.14. The predicted molar refractivity (Wildman–Crippen MR) is 34.6 cm³/mol. The van der Waals surface area contributed by atoms with Gasteiger partial charge in [0.25, 0.3) is 0 Å². The van der Waals surface area contributed by atoms with E-state index in [1.807, 2.05) is 0 Å². The van der Waals surface area contributed by atoms with E-state index in [4.69, 9.17) is 19.2 Å². The summed E-state index contributed by atoms with van der Waals surface area (Å²) in [6.45, 7) is 0. The van der Waals surface area contributed by atoms with Crippen LogP contribution in [0.5, 0.6) is 0 Å². The molecule has 0 spiro atoms. The van der Waals surface area contributed by atoms with E-state index < -0.39 is 18.6 Å². The van der Waals surface area contributed by atoms with Crippen LogP contribution in [0.15, 0.2) is 0 Å². The largest absolute Gasteiger partial charge is 0.410 e. The lowest BCUT2D eigenvalue weighted by Gasteiger charge is -1.97. The molecule has 4 N–H and O–H groups in total. The minimum Gasteiger partial charge on any atom is -0.410 e. The minimum absolute atomic E-state index is 0.319. The molecule has 0 saturated heterocycles. The second-order valence-electron chi connectivity index (χ2n) is 1.69. The molecule has 0 unspecified atom stereocenters. The number of hydrogen-bond acceptors (Lipinski definition) is 4. The Morgan fingerprint density at radius 1 is 0.778 bits per heavy atom. The second kappa shape index (κ2) is 5.09. The van der Waals surface area contributed by atoms with Crippen molar-refractivity contribution in [2.24, 2.45) is 0 Å². The first-order valence-corrected chi connectivity index (χ1v) is 5.80. The van der Waals surface area contributed by atoms with Crippen molar-refractivity contribution in [2.75, 3.05) is 0 Å². The highest BCUT2D eigenvalue weighted by atomic mass is 28.3. The van der Waals surface area contributed by atoms with Crippen molar-refractivity contribution < 1.29 is 19.2 Å². The number of hydrogen-bond donors (Lipinski definition) is 4. The fourth-order valence-corrected chi connectivity index (χ4v) is 1.74. The zero-order valence-corrected chi connectivity index (χ0v) is 6.91. The third-order valence-electron chi connectivity index (χ3n) is 0.801. The van der Waals surface area contributed by atoms with Gasteiger partial charge in [0.15, 0.2) is 0 Å². The first-order chi connectivity index (χ1) is 4.13. The lowest BCUT2D eigenvalue weighted by atomic mass is 10.6. The fraction of sp³-hybridized carbons (Fsp3) is 1.00. The topological polar surface area (TPSA) is 80.9 Å². The van der Waals surface area contributed by atoms with E-state index in [9.17, 15) is 0 Å². The normalized spacial score (nSPS) is 11.3. The molecule has 6 heteroatoms. The second-order valence-corrected chi connectivity index (χ2v) is 4.35. The summed E-state index contributed by atoms with van der Waals surface area (Å²) in [6, 6.07) is 0.639. The van der Waals surface area contributed by atoms with Crippen LogP contribution in [0, 0.1) is 0 Å². The SMILES string of the molecule is O[Si](O)CCC[Si](O)O. The molecule has 0 atom stereocenters. The van der Waals surface area contributed by atoms with E-state index >= 15 is 0 Å². The highest BCUT2D eigenvalue weighted by Crippen LogP contribution is 1.98. The Hall–Kier alpha value is 0.274. The Morgan fingerprint density at radius 2 is 1.11 bits per heavy atom. The standard InChI is InChI=1S/C3H10O4Si2/c4-8(5)2-1-3-9(6)7/h4-7H,1-3H2. The van der Waals surface area contributed by atoms with Gasteiger partial charge in [0.05, 0.1) is 0 Å². The first-order valence-electron chi connectivity index (χ1n) is 2.60. The van der Waals surface area contributed by atoms with Gasteiger partial charge >= 0.3 is 18.6 Å². The summed E-state index contributed by atoms with van der Waals surface area (Å²) < 4.78 is 0. The summed E-state index contributed by atoms with van der Waals surface area (Å²) in [5, 5.41) is 0. The summed E-state index contributed by atoms with van der Waals surface area (Å²) in [7, 11) is -4.27. The van der Waals surface area contributed by atoms with Crippen LogP contribution in [-0.4, -0.2) is 37.8 Å². The van der Waals surface area contributed by atoms with Crippen LogP contribution in [0.4, 0.5) is 0 Å². The highest BCUT2D eigenvalue weighted by molar-refractivity contribution is 6.42. The molecular formula is C3H10O4Si2. The van der Waals surface area contributed by atoms with Crippen LogP contribution in [0.2, 0.25) is 12.1 Å². The third-order valence-corrected chi connectivity index (χ3v) is 2.40. The van der Waals surface area contributed by atoms with Crippen LogP contribution in [0.25, 0.3) is 0 Å². The van der Waals surface area contributed by atoms with Gasteiger partial charge in [-0.2, -0.15) is 0 Å². The summed E-state index contributed by atoms with van der Waals surface area (Å²) in [5.74, 6) is 0. The molecule has 0 amide bonds. The molecule has 0 fully saturated rings. The molecule has 9 heavy (non-hydrogen) atoms. The zero-order valence-electron chi connectivity index (χ0n) is 4.91. The van der Waals surface area contributed by atoms with Gasteiger partial charge in [-0.05, 0) is 18.5 Å². The van der Waals surface area contributed by atoms with Gasteiger partial charge in [0, 0.05) is 0 Å². The Bertz CT molecular complexity index is 58.8. The van der Waals surface area contributed by atoms with Crippen molar-refractivity contribution in [3.63, 3.8) is 0 Å². The van der Waals surface area contributed by atoms with Gasteiger partial charge < -0.3 is 19.2 Å². The van der Waals surface area contributed by atoms with E-state index in [0.717, 1.165) is 0 Å². The lowest BCUT2D eigenvalue weighted by Crippen LogP contribution is -2.14. The van der Waals surface area contributed by atoms with E-state index in [0.29, 0.717) is 18.5 Å². The number of rotatable bonds is 4. The molecule has 0 aromatic carbocycles. The maximum Gasteiger partial charge on any atom is 0.378 e. The van der Waals surface area contributed by atoms with Crippen molar-refractivity contribution in [2.45, 2.75) is 18.5 Å². The molecule has 2 radical (unpaired) electrons. The quantitative estimate of drug-likeness (QED) is 0.376. The molecule has 0 aliphatic rings. The molecule has 0 bridgehead atoms. The smallest absolute Gasteiger partial charge is 0.378 e. The van der Waals surface area contributed by atoms with Crippen LogP contribution in [0.3, 0.4) is 0 Å². The van der Waals surface area contributed by atoms with Gasteiger partial charge in [0.1, 0.15) is 0 Å². The van der Waals surface area contributed by atoms with Gasteiger partial charge in [-0.1, -0.05) is 0 Å². The molecular weight excluding hydrogens is 156 g/mol. The van der Waals surface area contributed by atoms with Crippen molar-refractivity contribution >= 4 is 18.6 Å². The van der Waals surface area contributed by atoms with Crippen molar-refractivity contribution in [3.8, 4) is 0 Å². The van der Waals surface area contributed by atoms with Crippen LogP contribution in [0.1, 0.15) is 6.42 Å². The molecule has 54 valence electrons. The molecule has 0 saturated carbocycles. The van der Waals surface area contributed by atoms with Crippen molar-refractivity contribution in [1.82, 2.24) is 0 Å². The maximum atomic E-state index is 8.37. The molecule has 4 nitrogen and oxygen atoms in total. The Balaban J connectivity index is 2.91. The molecule has 0 aromatic heterocycles. The van der Waals surface area contributed by atoms with Crippen LogP contribution in [-0.2, 0) is 0 Å². The molecule has 0 rings (SSSR count). The monoisotopic (exact) mass is 166 g/mol. The molecule has 0 aliphatic carbocycles. The summed E-state index contributed by atoms with van der Waals surface area (Å²) in [5.41, 5.74) is 0. The first kappa shape index (κ1) is 9.27. The van der Waals surface area contributed by atoms with E-state index in [1.165, 1.54) is 0 Å². The Kier molecular flexibility index (Phi) is 5.24. The van der Waals surface area contributed by atoms with Gasteiger partial charge in [-0.25, -0.2) is 0 Å². The molecule has 0 aromatic rings. The van der Waals surface area contributed by atoms with E-state index in [1.54, 1.807) is 0 Å². The van der Waals surface area contributed by atoms with Crippen LogP contribution < -0.4 is 0 Å². The predicted octanol–water partition coefficient (Wildman–Crippen LogP) is -1.68. The Morgan fingerprint density at radius 3 is 1.33 bits per heavy atom. The average Bonchev–Trinajstić information content (AvgIpc) is 1.63. The lowest BCUT2D eigenvalue weighted by molar-refractivity contribution is 0.394. The summed E-state index contributed by atoms with van der Waals surface area (Å²) in [4.78, 5) is 33.5. The zero-order chi connectivity index (χ0) is 7.28. The average molecular weight is 166 g/mol. The van der Waals surface area contributed by atoms with Gasteiger partial charge in [-0.3, -0.25) is 0 Å². The third kappa shape index (κ3) is 8.27. The Labute approximate surface area is 57.1 Å². The molecule has 0 aliphatic heterocycles. The molecule has 0 heterocycles. The van der Waals surface area contributed by atoms with Gasteiger partial charge in [-0.15, -0.1) is 0 Å². The maximum absolute atomic E-state index is 8.37. The summed E-state index contributed by atoms with van der Waals surface area (Å²) in [6.07, 6.45) is 0.503. The van der Waals surface area contributed by atoms with E-state index in [-0.39, 0.29) is 0 Å². The van der Waals surface area contributed by atoms with Crippen LogP contribution >= 0.6 is 0 Å². The van der Waals surface area contributed by atoms with E-state index in [2.05, 4.69) is 0 Å². The summed E-state index contributed by atoms with van der Waals surface area (Å²) >= 11 is 0. The highest BCUT2D eigenvalue weighted by Gasteiger charge is 2.07. The van der Waals surface area contributed by atoms with Crippen molar-refractivity contribution in [1.29, 1.82) is 0 Å². The van der Waals surface area contributed by atoms with Crippen molar-refractivity contribution in [3.05, 3.63) is 0 Å².